The maximum absolute atomic E-state index is 13.0. The van der Waals surface area contributed by atoms with E-state index in [9.17, 15) is 29.1 Å². The predicted molar refractivity (Wildman–Crippen MR) is 165 cm³/mol. The van der Waals surface area contributed by atoms with Crippen LogP contribution in [0.15, 0.2) is 23.3 Å². The van der Waals surface area contributed by atoms with Crippen molar-refractivity contribution < 1.29 is 29.1 Å². The monoisotopic (exact) mass is 602 g/mol. The van der Waals surface area contributed by atoms with E-state index >= 15 is 0 Å². The molecule has 1 N–H and O–H groups in total. The molecular formula is C38H50O6. The van der Waals surface area contributed by atoms with Crippen molar-refractivity contribution in [3.05, 3.63) is 23.3 Å². The maximum Gasteiger partial charge on any atom is 0.155 e. The lowest BCUT2D eigenvalue weighted by molar-refractivity contribution is -0.147. The molecule has 9 unspecified atom stereocenters. The van der Waals surface area contributed by atoms with Gasteiger partial charge >= 0.3 is 0 Å². The SMILES string of the molecule is CC[C@]12CC(=O)C3C4CCC(=O)C=C4CCC3C1CCC2=O.CC[C@]12CC(O)C3C4CCC(=O)C=C4CCC3C1CCC2=O. The van der Waals surface area contributed by atoms with E-state index in [0.717, 1.165) is 64.2 Å². The van der Waals surface area contributed by atoms with Crippen molar-refractivity contribution >= 4 is 28.9 Å². The molecule has 0 saturated heterocycles. The molecule has 8 aliphatic carbocycles. The summed E-state index contributed by atoms with van der Waals surface area (Å²) in [5, 5.41) is 10.9. The number of carbonyl (C=O) groups excluding carboxylic acids is 5. The summed E-state index contributed by atoms with van der Waals surface area (Å²) >= 11 is 0. The Kier molecular flexibility index (Phi) is 7.78. The summed E-state index contributed by atoms with van der Waals surface area (Å²) in [6.45, 7) is 4.20. The normalized spacial score (nSPS) is 45.9. The van der Waals surface area contributed by atoms with Gasteiger partial charge < -0.3 is 5.11 Å². The minimum atomic E-state index is -0.370. The molecule has 6 fully saturated rings. The van der Waals surface area contributed by atoms with E-state index in [-0.39, 0.29) is 46.3 Å². The summed E-state index contributed by atoms with van der Waals surface area (Å²) in [5.74, 6) is 4.31. The second kappa shape index (κ2) is 11.2. The fraction of sp³-hybridized carbons (Fsp3) is 0.763. The largest absolute Gasteiger partial charge is 0.393 e. The first-order chi connectivity index (χ1) is 21.1. The van der Waals surface area contributed by atoms with E-state index in [1.54, 1.807) is 0 Å². The average Bonchev–Trinajstić information content (AvgIpc) is 3.53. The highest BCUT2D eigenvalue weighted by molar-refractivity contribution is 5.96. The highest BCUT2D eigenvalue weighted by Gasteiger charge is 2.62. The number of aliphatic hydroxyl groups excluding tert-OH is 1. The molecule has 6 heteroatoms. The zero-order valence-electron chi connectivity index (χ0n) is 26.7. The second-order valence-electron chi connectivity index (χ2n) is 15.7. The Hall–Kier alpha value is -2.21. The summed E-state index contributed by atoms with van der Waals surface area (Å²) < 4.78 is 0. The number of allylic oxidation sites excluding steroid dienone is 2. The van der Waals surface area contributed by atoms with Crippen LogP contribution in [0.2, 0.25) is 0 Å². The van der Waals surface area contributed by atoms with Gasteiger partial charge in [0.1, 0.15) is 17.3 Å². The lowest BCUT2D eigenvalue weighted by atomic mass is 9.50. The number of hydrogen-bond donors (Lipinski definition) is 1. The first-order valence-electron chi connectivity index (χ1n) is 17.9. The van der Waals surface area contributed by atoms with Crippen molar-refractivity contribution in [2.45, 2.75) is 123 Å². The summed E-state index contributed by atoms with van der Waals surface area (Å²) in [7, 11) is 0. The number of hydrogen-bond acceptors (Lipinski definition) is 6. The quantitative estimate of drug-likeness (QED) is 0.396. The second-order valence-corrected chi connectivity index (χ2v) is 15.7. The van der Waals surface area contributed by atoms with Crippen molar-refractivity contribution in [2.24, 2.45) is 58.2 Å². The van der Waals surface area contributed by atoms with Gasteiger partial charge in [-0.3, -0.25) is 24.0 Å². The van der Waals surface area contributed by atoms with Crippen LogP contribution in [0.1, 0.15) is 117 Å². The molecule has 0 spiro atoms. The van der Waals surface area contributed by atoms with Crippen molar-refractivity contribution in [3.8, 4) is 0 Å². The van der Waals surface area contributed by atoms with Gasteiger partial charge in [0.2, 0.25) is 0 Å². The highest BCUT2D eigenvalue weighted by atomic mass is 16.3. The molecule has 8 aliphatic rings. The highest BCUT2D eigenvalue weighted by Crippen LogP contribution is 2.62. The maximum atomic E-state index is 13.0. The van der Waals surface area contributed by atoms with Crippen LogP contribution in [-0.4, -0.2) is 40.1 Å². The summed E-state index contributed by atoms with van der Waals surface area (Å²) in [6.07, 6.45) is 16.5. The Morgan fingerprint density at radius 2 is 1.20 bits per heavy atom. The van der Waals surface area contributed by atoms with Gasteiger partial charge in [0.25, 0.3) is 0 Å². The van der Waals surface area contributed by atoms with E-state index in [4.69, 9.17) is 0 Å². The van der Waals surface area contributed by atoms with Crippen molar-refractivity contribution in [2.75, 3.05) is 0 Å². The molecular weight excluding hydrogens is 552 g/mol. The van der Waals surface area contributed by atoms with Crippen molar-refractivity contribution in [1.29, 1.82) is 0 Å². The molecule has 0 aromatic carbocycles. The van der Waals surface area contributed by atoms with E-state index in [1.165, 1.54) is 11.1 Å². The zero-order valence-corrected chi connectivity index (χ0v) is 26.7. The van der Waals surface area contributed by atoms with E-state index in [1.807, 2.05) is 12.2 Å². The van der Waals surface area contributed by atoms with Gasteiger partial charge in [-0.2, -0.15) is 0 Å². The zero-order chi connectivity index (χ0) is 31.0. The lowest BCUT2D eigenvalue weighted by Gasteiger charge is -2.54. The van der Waals surface area contributed by atoms with Gasteiger partial charge in [-0.05, 0) is 124 Å². The molecule has 0 bridgehead atoms. The molecule has 238 valence electrons. The van der Waals surface area contributed by atoms with Crippen LogP contribution in [0.5, 0.6) is 0 Å². The minimum Gasteiger partial charge on any atom is -0.393 e. The Morgan fingerprint density at radius 3 is 1.84 bits per heavy atom. The van der Waals surface area contributed by atoms with E-state index in [0.29, 0.717) is 85.5 Å². The smallest absolute Gasteiger partial charge is 0.155 e. The Labute approximate surface area is 261 Å². The number of fused-ring (bicyclic) bond motifs is 10. The van der Waals surface area contributed by atoms with Crippen LogP contribution in [0.3, 0.4) is 0 Å². The summed E-state index contributed by atoms with van der Waals surface area (Å²) in [4.78, 5) is 61.4. The molecule has 0 radical (unpaired) electrons. The minimum absolute atomic E-state index is 0.0867. The first-order valence-corrected chi connectivity index (χ1v) is 17.9. The summed E-state index contributed by atoms with van der Waals surface area (Å²) in [6, 6.07) is 0. The van der Waals surface area contributed by atoms with E-state index < -0.39 is 0 Å². The Bertz CT molecular complexity index is 1340. The number of Topliss-reactive ketones (excluding diaryl/α,β-unsaturated/α-hetero) is 3. The van der Waals surface area contributed by atoms with Crippen LogP contribution < -0.4 is 0 Å². The van der Waals surface area contributed by atoms with Gasteiger partial charge in [-0.25, -0.2) is 0 Å². The molecule has 8 rings (SSSR count). The molecule has 6 saturated carbocycles. The molecule has 0 aliphatic heterocycles. The van der Waals surface area contributed by atoms with Gasteiger partial charge in [0.15, 0.2) is 11.6 Å². The molecule has 0 heterocycles. The van der Waals surface area contributed by atoms with Gasteiger partial charge in [0.05, 0.1) is 6.10 Å². The number of carbonyl (C=O) groups is 5. The lowest BCUT2D eigenvalue weighted by Crippen LogP contribution is -2.54. The Balaban J connectivity index is 0.000000142. The Morgan fingerprint density at radius 1 is 0.659 bits per heavy atom. The van der Waals surface area contributed by atoms with E-state index in [2.05, 4.69) is 13.8 Å². The molecule has 44 heavy (non-hydrogen) atoms. The number of ketones is 5. The van der Waals surface area contributed by atoms with Crippen LogP contribution in [0.4, 0.5) is 0 Å². The topological polar surface area (TPSA) is 106 Å². The fourth-order valence-corrected chi connectivity index (χ4v) is 12.6. The summed E-state index contributed by atoms with van der Waals surface area (Å²) in [5.41, 5.74) is 1.92. The first kappa shape index (κ1) is 30.4. The number of aliphatic hydroxyl groups is 1. The van der Waals surface area contributed by atoms with Crippen LogP contribution in [0, 0.1) is 58.2 Å². The van der Waals surface area contributed by atoms with Crippen molar-refractivity contribution in [1.82, 2.24) is 0 Å². The molecule has 0 amide bonds. The third-order valence-electron chi connectivity index (χ3n) is 14.5. The standard InChI is InChI=1S/C19H26O3.C19H24O3/c2*1-2-19-10-16(21)18-13-6-4-12(20)9-11(13)3-5-14(18)15(19)7-8-17(19)22/h9,13-16,18,21H,2-8,10H2,1H3;9,13-15,18H,2-8,10H2,1H3/t13?,14?,15?,16?,18?,19-;13?,14?,15?,18?,19-/m00/s1. The van der Waals surface area contributed by atoms with Gasteiger partial charge in [0, 0.05) is 48.9 Å². The van der Waals surface area contributed by atoms with Gasteiger partial charge in [-0.15, -0.1) is 0 Å². The van der Waals surface area contributed by atoms with Crippen molar-refractivity contribution in [3.63, 3.8) is 0 Å². The molecule has 0 aromatic heterocycles. The molecule has 0 aromatic rings. The average molecular weight is 603 g/mol. The fourth-order valence-electron chi connectivity index (χ4n) is 12.6. The van der Waals surface area contributed by atoms with Crippen LogP contribution in [-0.2, 0) is 24.0 Å². The third kappa shape index (κ3) is 4.47. The van der Waals surface area contributed by atoms with Gasteiger partial charge in [-0.1, -0.05) is 25.0 Å². The predicted octanol–water partition coefficient (Wildman–Crippen LogP) is 6.32. The van der Waals surface area contributed by atoms with Crippen LogP contribution in [0.25, 0.3) is 0 Å². The molecule has 6 nitrogen and oxygen atoms in total. The number of rotatable bonds is 2. The van der Waals surface area contributed by atoms with Crippen LogP contribution >= 0.6 is 0 Å². The molecule has 11 atom stereocenters. The third-order valence-corrected chi connectivity index (χ3v) is 14.5.